The van der Waals surface area contributed by atoms with Gasteiger partial charge in [0.05, 0.1) is 0 Å². The van der Waals surface area contributed by atoms with Crippen LogP contribution in [0.15, 0.2) is 46.9 Å². The van der Waals surface area contributed by atoms with E-state index in [2.05, 4.69) is 34.7 Å². The van der Waals surface area contributed by atoms with E-state index in [-0.39, 0.29) is 5.82 Å². The summed E-state index contributed by atoms with van der Waals surface area (Å²) < 4.78 is 14.8. The van der Waals surface area contributed by atoms with Gasteiger partial charge in [0.1, 0.15) is 5.82 Å². The maximum Gasteiger partial charge on any atom is 0.128 e. The van der Waals surface area contributed by atoms with Gasteiger partial charge in [0.2, 0.25) is 0 Å². The number of halogens is 2. The zero-order valence-corrected chi connectivity index (χ0v) is 13.9. The van der Waals surface area contributed by atoms with Crippen LogP contribution < -0.4 is 5.73 Å². The van der Waals surface area contributed by atoms with Gasteiger partial charge in [0.25, 0.3) is 0 Å². The van der Waals surface area contributed by atoms with E-state index < -0.39 is 0 Å². The van der Waals surface area contributed by atoms with E-state index in [1.165, 1.54) is 11.6 Å². The fraction of sp³-hybridized carbons (Fsp3) is 0.294. The number of hydrogen-bond donors (Lipinski definition) is 1. The van der Waals surface area contributed by atoms with E-state index >= 15 is 0 Å². The molecule has 0 radical (unpaired) electrons. The highest BCUT2D eigenvalue weighted by atomic mass is 79.9. The van der Waals surface area contributed by atoms with Crippen LogP contribution >= 0.6 is 15.9 Å². The fourth-order valence-electron chi connectivity index (χ4n) is 2.15. The van der Waals surface area contributed by atoms with Crippen LogP contribution in [-0.4, -0.2) is 10.9 Å². The monoisotopic (exact) mass is 350 g/mol. The normalized spacial score (nSPS) is 11.3. The summed E-state index contributed by atoms with van der Waals surface area (Å²) in [6.45, 7) is 5.59. The Bertz CT molecular complexity index is 596. The molecule has 2 aromatic carbocycles. The first-order valence-corrected chi connectivity index (χ1v) is 7.77. The molecule has 2 aromatic rings. The maximum absolute atomic E-state index is 14.0. The van der Waals surface area contributed by atoms with E-state index in [9.17, 15) is 4.39 Å². The lowest BCUT2D eigenvalue weighted by molar-refractivity contribution is 0.201. The van der Waals surface area contributed by atoms with Gasteiger partial charge in [-0.3, -0.25) is 4.90 Å². The third-order valence-electron chi connectivity index (χ3n) is 3.48. The van der Waals surface area contributed by atoms with Crippen LogP contribution in [0.1, 0.15) is 25.0 Å². The third-order valence-corrected chi connectivity index (χ3v) is 3.98. The highest BCUT2D eigenvalue weighted by Gasteiger charge is 2.13. The summed E-state index contributed by atoms with van der Waals surface area (Å²) in [6.07, 6.45) is 0. The first-order chi connectivity index (χ1) is 9.95. The Kier molecular flexibility index (Phi) is 5.37. The number of hydrogen-bond acceptors (Lipinski definition) is 2. The molecule has 4 heteroatoms. The molecule has 0 saturated carbocycles. The van der Waals surface area contributed by atoms with Crippen LogP contribution in [0.2, 0.25) is 0 Å². The Morgan fingerprint density at radius 3 is 2.33 bits per heavy atom. The van der Waals surface area contributed by atoms with E-state index in [0.29, 0.717) is 18.2 Å². The quantitative estimate of drug-likeness (QED) is 0.799. The molecule has 0 bridgehead atoms. The molecule has 0 fully saturated rings. The second kappa shape index (κ2) is 7.05. The van der Waals surface area contributed by atoms with Crippen molar-refractivity contribution in [2.75, 3.05) is 5.73 Å². The van der Waals surface area contributed by atoms with E-state index in [0.717, 1.165) is 16.7 Å². The van der Waals surface area contributed by atoms with Gasteiger partial charge in [-0.05, 0) is 43.7 Å². The largest absolute Gasteiger partial charge is 0.399 e. The molecule has 0 atom stereocenters. The summed E-state index contributed by atoms with van der Waals surface area (Å²) in [7, 11) is 0. The zero-order valence-electron chi connectivity index (χ0n) is 12.3. The van der Waals surface area contributed by atoms with Gasteiger partial charge in [-0.2, -0.15) is 0 Å². The van der Waals surface area contributed by atoms with Crippen molar-refractivity contribution < 1.29 is 4.39 Å². The van der Waals surface area contributed by atoms with Gasteiger partial charge in [-0.25, -0.2) is 4.39 Å². The zero-order chi connectivity index (χ0) is 15.4. The van der Waals surface area contributed by atoms with Crippen LogP contribution in [0.3, 0.4) is 0 Å². The Balaban J connectivity index is 2.13. The Morgan fingerprint density at radius 1 is 1.10 bits per heavy atom. The van der Waals surface area contributed by atoms with Crippen LogP contribution in [-0.2, 0) is 13.1 Å². The number of anilines is 1. The molecule has 2 nitrogen and oxygen atoms in total. The van der Waals surface area contributed by atoms with Crippen molar-refractivity contribution in [2.24, 2.45) is 0 Å². The van der Waals surface area contributed by atoms with Crippen molar-refractivity contribution in [1.29, 1.82) is 0 Å². The van der Waals surface area contributed by atoms with E-state index in [1.807, 2.05) is 36.4 Å². The Hall–Kier alpha value is -1.39. The van der Waals surface area contributed by atoms with Gasteiger partial charge in [-0.1, -0.05) is 34.1 Å². The molecular formula is C17H20BrFN2. The molecule has 0 amide bonds. The molecule has 2 N–H and O–H groups in total. The molecule has 0 saturated heterocycles. The van der Waals surface area contributed by atoms with Crippen LogP contribution in [0, 0.1) is 5.82 Å². The molecule has 21 heavy (non-hydrogen) atoms. The summed E-state index contributed by atoms with van der Waals surface area (Å²) in [6, 6.07) is 13.4. The van der Waals surface area contributed by atoms with Gasteiger partial charge in [0.15, 0.2) is 0 Å². The molecule has 0 spiro atoms. The minimum atomic E-state index is -0.174. The van der Waals surface area contributed by atoms with Crippen molar-refractivity contribution in [3.05, 3.63) is 63.9 Å². The maximum atomic E-state index is 14.0. The van der Waals surface area contributed by atoms with Crippen LogP contribution in [0.25, 0.3) is 0 Å². The van der Waals surface area contributed by atoms with Gasteiger partial charge >= 0.3 is 0 Å². The molecule has 0 heterocycles. The molecule has 0 aromatic heterocycles. The average molecular weight is 351 g/mol. The summed E-state index contributed by atoms with van der Waals surface area (Å²) in [5.74, 6) is -0.174. The number of nitrogen functional groups attached to an aromatic ring is 1. The highest BCUT2D eigenvalue weighted by Crippen LogP contribution is 2.19. The van der Waals surface area contributed by atoms with Crippen molar-refractivity contribution >= 4 is 21.6 Å². The van der Waals surface area contributed by atoms with Gasteiger partial charge in [-0.15, -0.1) is 0 Å². The first-order valence-electron chi connectivity index (χ1n) is 6.98. The molecule has 112 valence electrons. The van der Waals surface area contributed by atoms with Crippen molar-refractivity contribution in [2.45, 2.75) is 33.0 Å². The van der Waals surface area contributed by atoms with Crippen molar-refractivity contribution in [3.63, 3.8) is 0 Å². The number of benzene rings is 2. The fourth-order valence-corrected chi connectivity index (χ4v) is 2.48. The summed E-state index contributed by atoms with van der Waals surface area (Å²) in [4.78, 5) is 2.23. The van der Waals surface area contributed by atoms with Crippen LogP contribution in [0.4, 0.5) is 10.1 Å². The summed E-state index contributed by atoms with van der Waals surface area (Å²) in [5, 5.41) is 0. The summed E-state index contributed by atoms with van der Waals surface area (Å²) in [5.41, 5.74) is 8.35. The van der Waals surface area contributed by atoms with Crippen molar-refractivity contribution in [3.8, 4) is 0 Å². The Labute approximate surface area is 133 Å². The standard InChI is InChI=1S/C17H20BrFN2/c1-12(2)21(10-13-3-7-16(20)8-4-13)11-14-5-6-15(18)9-17(14)19/h3-9,12H,10-11,20H2,1-2H3. The SMILES string of the molecule is CC(C)N(Cc1ccc(N)cc1)Cc1ccc(Br)cc1F. The smallest absolute Gasteiger partial charge is 0.128 e. The predicted molar refractivity (Wildman–Crippen MR) is 89.3 cm³/mol. The lowest BCUT2D eigenvalue weighted by Crippen LogP contribution is -2.30. The van der Waals surface area contributed by atoms with Crippen molar-refractivity contribution in [1.82, 2.24) is 4.90 Å². The Morgan fingerprint density at radius 2 is 1.76 bits per heavy atom. The highest BCUT2D eigenvalue weighted by molar-refractivity contribution is 9.10. The second-order valence-corrected chi connectivity index (χ2v) is 6.39. The van der Waals surface area contributed by atoms with E-state index in [1.54, 1.807) is 0 Å². The molecule has 0 aliphatic heterocycles. The number of nitrogens with zero attached hydrogens (tertiary/aromatic N) is 1. The van der Waals surface area contributed by atoms with Crippen LogP contribution in [0.5, 0.6) is 0 Å². The first kappa shape index (κ1) is 16.0. The average Bonchev–Trinajstić information content (AvgIpc) is 2.43. The minimum absolute atomic E-state index is 0.174. The minimum Gasteiger partial charge on any atom is -0.399 e. The van der Waals surface area contributed by atoms with Gasteiger partial charge in [0, 0.05) is 34.9 Å². The lowest BCUT2D eigenvalue weighted by atomic mass is 10.1. The number of nitrogens with two attached hydrogens (primary N) is 1. The lowest BCUT2D eigenvalue weighted by Gasteiger charge is -2.27. The summed E-state index contributed by atoms with van der Waals surface area (Å²) >= 11 is 3.29. The van der Waals surface area contributed by atoms with E-state index in [4.69, 9.17) is 5.73 Å². The predicted octanol–water partition coefficient (Wildman–Crippen LogP) is 4.58. The molecule has 0 aliphatic rings. The second-order valence-electron chi connectivity index (χ2n) is 5.48. The third kappa shape index (κ3) is 4.55. The molecule has 0 unspecified atom stereocenters. The van der Waals surface area contributed by atoms with Gasteiger partial charge < -0.3 is 5.73 Å². The molecular weight excluding hydrogens is 331 g/mol. The molecule has 0 aliphatic carbocycles. The number of rotatable bonds is 5. The topological polar surface area (TPSA) is 29.3 Å². The molecule has 2 rings (SSSR count).